The average molecular weight is 244 g/mol. The van der Waals surface area contributed by atoms with Crippen LogP contribution in [0.4, 0.5) is 0 Å². The van der Waals surface area contributed by atoms with Crippen LogP contribution in [0.3, 0.4) is 0 Å². The van der Waals surface area contributed by atoms with Crippen LogP contribution in [-0.2, 0) is 9.47 Å². The Kier molecular flexibility index (Phi) is 4.08. The summed E-state index contributed by atoms with van der Waals surface area (Å²) in [7, 11) is 0. The lowest BCUT2D eigenvalue weighted by atomic mass is 9.85. The van der Waals surface area contributed by atoms with E-state index in [0.717, 1.165) is 12.8 Å². The largest absolute Gasteiger partial charge is 0.396 e. The predicted octanol–water partition coefficient (Wildman–Crippen LogP) is 1.01. The molecular weight excluding hydrogens is 220 g/mol. The van der Waals surface area contributed by atoms with Gasteiger partial charge in [-0.1, -0.05) is 0 Å². The third kappa shape index (κ3) is 2.81. The van der Waals surface area contributed by atoms with Gasteiger partial charge in [0.1, 0.15) is 0 Å². The number of hydrogen-bond donors (Lipinski definition) is 2. The van der Waals surface area contributed by atoms with Crippen molar-refractivity contribution in [3.8, 4) is 0 Å². The molecule has 2 fully saturated rings. The molecule has 1 heterocycles. The fraction of sp³-hybridized carbons (Fsp3) is 1.00. The Morgan fingerprint density at radius 1 is 1.06 bits per heavy atom. The molecule has 2 bridgehead atoms. The summed E-state index contributed by atoms with van der Waals surface area (Å²) < 4.78 is 11.5. The SMILES string of the molecule is CC1(C)OC[C@@H]2C[C@H](CO1)[C@H](CCO)[C@@H]2CO. The first-order valence-corrected chi connectivity index (χ1v) is 6.57. The molecule has 0 unspecified atom stereocenters. The molecule has 4 heteroatoms. The zero-order valence-electron chi connectivity index (χ0n) is 10.8. The molecule has 0 amide bonds. The van der Waals surface area contributed by atoms with Crippen molar-refractivity contribution >= 4 is 0 Å². The van der Waals surface area contributed by atoms with Gasteiger partial charge in [-0.15, -0.1) is 0 Å². The highest BCUT2D eigenvalue weighted by Crippen LogP contribution is 2.45. The fourth-order valence-corrected chi connectivity index (χ4v) is 3.36. The summed E-state index contributed by atoms with van der Waals surface area (Å²) >= 11 is 0. The van der Waals surface area contributed by atoms with Gasteiger partial charge >= 0.3 is 0 Å². The van der Waals surface area contributed by atoms with Crippen molar-refractivity contribution < 1.29 is 19.7 Å². The van der Waals surface area contributed by atoms with E-state index in [4.69, 9.17) is 14.6 Å². The molecular formula is C13H24O4. The number of aliphatic hydroxyl groups excluding tert-OH is 2. The maximum atomic E-state index is 9.55. The minimum atomic E-state index is -0.523. The summed E-state index contributed by atoms with van der Waals surface area (Å²) in [6, 6.07) is 0. The van der Waals surface area contributed by atoms with E-state index in [2.05, 4.69) is 0 Å². The molecule has 4 nitrogen and oxygen atoms in total. The standard InChI is InChI=1S/C13H24O4/c1-13(2)16-7-9-5-10(8-17-13)12(6-15)11(9)3-4-14/h9-12,14-15H,3-8H2,1-2H3/t9-,10+,11+,12-/m1/s1. The average Bonchev–Trinajstić information content (AvgIpc) is 2.62. The van der Waals surface area contributed by atoms with E-state index < -0.39 is 5.79 Å². The second kappa shape index (κ2) is 5.22. The minimum absolute atomic E-state index is 0.189. The highest BCUT2D eigenvalue weighted by molar-refractivity contribution is 4.91. The Morgan fingerprint density at radius 3 is 2.18 bits per heavy atom. The molecule has 0 spiro atoms. The third-order valence-electron chi connectivity index (χ3n) is 4.33. The van der Waals surface area contributed by atoms with E-state index in [9.17, 15) is 5.11 Å². The van der Waals surface area contributed by atoms with Crippen molar-refractivity contribution in [2.75, 3.05) is 26.4 Å². The molecule has 100 valence electrons. The van der Waals surface area contributed by atoms with Crippen molar-refractivity contribution in [3.63, 3.8) is 0 Å². The van der Waals surface area contributed by atoms with Gasteiger partial charge in [-0.3, -0.25) is 0 Å². The lowest BCUT2D eigenvalue weighted by Gasteiger charge is -2.31. The van der Waals surface area contributed by atoms with E-state index in [-0.39, 0.29) is 19.1 Å². The number of ether oxygens (including phenoxy) is 2. The zero-order valence-corrected chi connectivity index (χ0v) is 10.8. The van der Waals surface area contributed by atoms with Gasteiger partial charge in [0.05, 0.1) is 13.2 Å². The van der Waals surface area contributed by atoms with Crippen molar-refractivity contribution in [2.24, 2.45) is 23.7 Å². The molecule has 1 saturated heterocycles. The number of fused-ring (bicyclic) bond motifs is 2. The Labute approximate surface area is 103 Å². The van der Waals surface area contributed by atoms with Crippen LogP contribution in [-0.4, -0.2) is 42.4 Å². The quantitative estimate of drug-likeness (QED) is 0.778. The number of aliphatic hydroxyl groups is 2. The molecule has 1 aliphatic heterocycles. The summed E-state index contributed by atoms with van der Waals surface area (Å²) in [6.07, 6.45) is 1.81. The van der Waals surface area contributed by atoms with E-state index >= 15 is 0 Å². The predicted molar refractivity (Wildman–Crippen MR) is 63.3 cm³/mol. The van der Waals surface area contributed by atoms with E-state index in [0.29, 0.717) is 31.0 Å². The first kappa shape index (κ1) is 13.3. The monoisotopic (exact) mass is 244 g/mol. The first-order chi connectivity index (χ1) is 8.07. The van der Waals surface area contributed by atoms with E-state index in [1.807, 2.05) is 13.8 Å². The van der Waals surface area contributed by atoms with Gasteiger partial charge in [-0.25, -0.2) is 0 Å². The summed E-state index contributed by atoms with van der Waals surface area (Å²) in [6.45, 7) is 5.57. The fourth-order valence-electron chi connectivity index (χ4n) is 3.36. The van der Waals surface area contributed by atoms with Gasteiger partial charge in [-0.05, 0) is 50.4 Å². The molecule has 1 aliphatic carbocycles. The number of rotatable bonds is 3. The second-order valence-electron chi connectivity index (χ2n) is 5.80. The van der Waals surface area contributed by atoms with Gasteiger partial charge in [-0.2, -0.15) is 0 Å². The van der Waals surface area contributed by atoms with E-state index in [1.54, 1.807) is 0 Å². The summed E-state index contributed by atoms with van der Waals surface area (Å²) in [5.74, 6) is 0.958. The molecule has 0 aromatic rings. The third-order valence-corrected chi connectivity index (χ3v) is 4.33. The Bertz CT molecular complexity index is 254. The van der Waals surface area contributed by atoms with Crippen LogP contribution < -0.4 is 0 Å². The molecule has 2 rings (SSSR count). The van der Waals surface area contributed by atoms with Crippen molar-refractivity contribution in [2.45, 2.75) is 32.5 Å². The van der Waals surface area contributed by atoms with Gasteiger partial charge < -0.3 is 19.7 Å². The molecule has 0 aromatic heterocycles. The van der Waals surface area contributed by atoms with Crippen LogP contribution >= 0.6 is 0 Å². The van der Waals surface area contributed by atoms with Crippen LogP contribution in [0.15, 0.2) is 0 Å². The highest BCUT2D eigenvalue weighted by atomic mass is 16.7. The van der Waals surface area contributed by atoms with Crippen molar-refractivity contribution in [1.29, 1.82) is 0 Å². The Hall–Kier alpha value is -0.160. The normalized spacial score (nSPS) is 40.9. The molecule has 0 radical (unpaired) electrons. The maximum Gasteiger partial charge on any atom is 0.162 e. The molecule has 4 atom stereocenters. The van der Waals surface area contributed by atoms with Crippen LogP contribution in [0.25, 0.3) is 0 Å². The van der Waals surface area contributed by atoms with Crippen LogP contribution in [0.5, 0.6) is 0 Å². The van der Waals surface area contributed by atoms with Gasteiger partial charge in [0.25, 0.3) is 0 Å². The first-order valence-electron chi connectivity index (χ1n) is 6.57. The highest BCUT2D eigenvalue weighted by Gasteiger charge is 2.45. The van der Waals surface area contributed by atoms with Crippen LogP contribution in [0, 0.1) is 23.7 Å². The van der Waals surface area contributed by atoms with Crippen LogP contribution in [0.1, 0.15) is 26.7 Å². The summed E-state index contributed by atoms with van der Waals surface area (Å²) in [5.41, 5.74) is 0. The molecule has 2 N–H and O–H groups in total. The molecule has 17 heavy (non-hydrogen) atoms. The van der Waals surface area contributed by atoms with Crippen molar-refractivity contribution in [3.05, 3.63) is 0 Å². The van der Waals surface area contributed by atoms with Crippen LogP contribution in [0.2, 0.25) is 0 Å². The zero-order chi connectivity index (χ0) is 12.5. The minimum Gasteiger partial charge on any atom is -0.396 e. The number of hydrogen-bond acceptors (Lipinski definition) is 4. The topological polar surface area (TPSA) is 58.9 Å². The van der Waals surface area contributed by atoms with Gasteiger partial charge in [0, 0.05) is 13.2 Å². The molecule has 2 aliphatic rings. The maximum absolute atomic E-state index is 9.55. The van der Waals surface area contributed by atoms with Gasteiger partial charge in [0.2, 0.25) is 0 Å². The summed E-state index contributed by atoms with van der Waals surface area (Å²) in [5, 5.41) is 18.7. The lowest BCUT2D eigenvalue weighted by Crippen LogP contribution is -2.34. The van der Waals surface area contributed by atoms with E-state index in [1.165, 1.54) is 0 Å². The summed E-state index contributed by atoms with van der Waals surface area (Å²) in [4.78, 5) is 0. The smallest absolute Gasteiger partial charge is 0.162 e. The van der Waals surface area contributed by atoms with Crippen molar-refractivity contribution in [1.82, 2.24) is 0 Å². The lowest BCUT2D eigenvalue weighted by molar-refractivity contribution is -0.231. The second-order valence-corrected chi connectivity index (χ2v) is 5.80. The van der Waals surface area contributed by atoms with Gasteiger partial charge in [0.15, 0.2) is 5.79 Å². The Balaban J connectivity index is 2.10. The molecule has 1 saturated carbocycles. The molecule has 0 aromatic carbocycles. The Morgan fingerprint density at radius 2 is 1.65 bits per heavy atom.